The van der Waals surface area contributed by atoms with Crippen LogP contribution in [0.3, 0.4) is 0 Å². The Morgan fingerprint density at radius 3 is 2.70 bits per heavy atom. The van der Waals surface area contributed by atoms with Gasteiger partial charge in [-0.15, -0.1) is 0 Å². The van der Waals surface area contributed by atoms with E-state index in [-0.39, 0.29) is 30.4 Å². The second kappa shape index (κ2) is 7.08. The SMILES string of the molecule is COc1cc(N)ccc1S(=O)(=O)NCCOCC(N)=O. The van der Waals surface area contributed by atoms with Gasteiger partial charge >= 0.3 is 0 Å². The van der Waals surface area contributed by atoms with Crippen LogP contribution in [-0.2, 0) is 19.6 Å². The van der Waals surface area contributed by atoms with Crippen molar-refractivity contribution in [3.8, 4) is 5.75 Å². The minimum Gasteiger partial charge on any atom is -0.495 e. The largest absolute Gasteiger partial charge is 0.495 e. The smallest absolute Gasteiger partial charge is 0.244 e. The third-order valence-electron chi connectivity index (χ3n) is 2.26. The van der Waals surface area contributed by atoms with Crippen LogP contribution in [0.4, 0.5) is 5.69 Å². The van der Waals surface area contributed by atoms with Crippen molar-refractivity contribution in [3.63, 3.8) is 0 Å². The monoisotopic (exact) mass is 303 g/mol. The van der Waals surface area contributed by atoms with Crippen molar-refractivity contribution in [3.05, 3.63) is 18.2 Å². The van der Waals surface area contributed by atoms with E-state index >= 15 is 0 Å². The van der Waals surface area contributed by atoms with Crippen LogP contribution < -0.4 is 20.9 Å². The molecule has 0 bridgehead atoms. The number of hydrogen-bond donors (Lipinski definition) is 3. The molecule has 0 fully saturated rings. The molecule has 112 valence electrons. The number of carbonyl (C=O) groups is 1. The summed E-state index contributed by atoms with van der Waals surface area (Å²) < 4.78 is 36.2. The van der Waals surface area contributed by atoms with Crippen LogP contribution in [0.2, 0.25) is 0 Å². The number of ether oxygens (including phenoxy) is 2. The fraction of sp³-hybridized carbons (Fsp3) is 0.364. The summed E-state index contributed by atoms with van der Waals surface area (Å²) in [6.45, 7) is -0.227. The number of carbonyl (C=O) groups excluding carboxylic acids is 1. The van der Waals surface area contributed by atoms with Crippen LogP contribution in [0.15, 0.2) is 23.1 Å². The Morgan fingerprint density at radius 1 is 1.40 bits per heavy atom. The minimum absolute atomic E-state index is 0.00312. The zero-order valence-electron chi connectivity index (χ0n) is 11.0. The Bertz CT molecular complexity index is 573. The van der Waals surface area contributed by atoms with Crippen molar-refractivity contribution >= 4 is 21.6 Å². The van der Waals surface area contributed by atoms with Gasteiger partial charge in [0.25, 0.3) is 0 Å². The summed E-state index contributed by atoms with van der Waals surface area (Å²) in [5, 5.41) is 0. The van der Waals surface area contributed by atoms with Crippen LogP contribution in [-0.4, -0.2) is 41.2 Å². The first-order valence-corrected chi connectivity index (χ1v) is 7.14. The number of nitrogen functional groups attached to an aromatic ring is 1. The predicted octanol–water partition coefficient (Wildman–Crippen LogP) is -0.942. The molecule has 1 rings (SSSR count). The van der Waals surface area contributed by atoms with Gasteiger partial charge in [0.2, 0.25) is 15.9 Å². The van der Waals surface area contributed by atoms with E-state index in [1.165, 1.54) is 25.3 Å². The molecule has 0 aliphatic heterocycles. The van der Waals surface area contributed by atoms with Crippen molar-refractivity contribution in [2.45, 2.75) is 4.90 Å². The molecule has 0 aromatic heterocycles. The van der Waals surface area contributed by atoms with Crippen molar-refractivity contribution in [1.29, 1.82) is 0 Å². The number of amides is 1. The summed E-state index contributed by atoms with van der Waals surface area (Å²) in [7, 11) is -2.40. The average Bonchev–Trinajstić information content (AvgIpc) is 2.37. The van der Waals surface area contributed by atoms with Gasteiger partial charge in [-0.05, 0) is 12.1 Å². The van der Waals surface area contributed by atoms with E-state index < -0.39 is 15.9 Å². The number of methoxy groups -OCH3 is 1. The highest BCUT2D eigenvalue weighted by Crippen LogP contribution is 2.25. The fourth-order valence-corrected chi connectivity index (χ4v) is 2.57. The molecular formula is C11H17N3O5S. The number of benzene rings is 1. The Balaban J connectivity index is 2.67. The van der Waals surface area contributed by atoms with Gasteiger partial charge in [0.1, 0.15) is 17.3 Å². The molecule has 1 amide bonds. The van der Waals surface area contributed by atoms with Crippen molar-refractivity contribution < 1.29 is 22.7 Å². The second-order valence-electron chi connectivity index (χ2n) is 3.83. The maximum atomic E-state index is 12.0. The van der Waals surface area contributed by atoms with Gasteiger partial charge < -0.3 is 20.9 Å². The van der Waals surface area contributed by atoms with Crippen molar-refractivity contribution in [1.82, 2.24) is 4.72 Å². The average molecular weight is 303 g/mol. The topological polar surface area (TPSA) is 134 Å². The predicted molar refractivity (Wildman–Crippen MR) is 72.6 cm³/mol. The van der Waals surface area contributed by atoms with Gasteiger partial charge in [0, 0.05) is 18.3 Å². The summed E-state index contributed by atoms with van der Waals surface area (Å²) >= 11 is 0. The molecular weight excluding hydrogens is 286 g/mol. The van der Waals surface area contributed by atoms with Gasteiger partial charge in [-0.3, -0.25) is 4.79 Å². The standard InChI is InChI=1S/C11H17N3O5S/c1-18-9-6-8(12)2-3-10(9)20(16,17)14-4-5-19-7-11(13)15/h2-3,6,14H,4-5,7,12H2,1H3,(H2,13,15). The highest BCUT2D eigenvalue weighted by atomic mass is 32.2. The highest BCUT2D eigenvalue weighted by molar-refractivity contribution is 7.89. The zero-order valence-corrected chi connectivity index (χ0v) is 11.8. The molecule has 0 aliphatic carbocycles. The minimum atomic E-state index is -3.75. The van der Waals surface area contributed by atoms with Crippen molar-refractivity contribution in [2.24, 2.45) is 5.73 Å². The van der Waals surface area contributed by atoms with Gasteiger partial charge in [0.15, 0.2) is 0 Å². The van der Waals surface area contributed by atoms with Crippen molar-refractivity contribution in [2.75, 3.05) is 32.6 Å². The molecule has 0 radical (unpaired) electrons. The maximum absolute atomic E-state index is 12.0. The molecule has 0 saturated carbocycles. The Labute approximate surface area is 117 Å². The van der Waals surface area contributed by atoms with E-state index in [9.17, 15) is 13.2 Å². The number of anilines is 1. The number of sulfonamides is 1. The first-order valence-electron chi connectivity index (χ1n) is 5.66. The molecule has 1 aromatic carbocycles. The molecule has 0 saturated heterocycles. The Kier molecular flexibility index (Phi) is 5.74. The molecule has 9 heteroatoms. The summed E-state index contributed by atoms with van der Waals surface area (Å²) in [5.74, 6) is -0.469. The van der Waals surface area contributed by atoms with Crippen LogP contribution in [0, 0.1) is 0 Å². The highest BCUT2D eigenvalue weighted by Gasteiger charge is 2.18. The molecule has 5 N–H and O–H groups in total. The van der Waals surface area contributed by atoms with Gasteiger partial charge in [-0.25, -0.2) is 13.1 Å². The molecule has 0 unspecified atom stereocenters. The summed E-state index contributed by atoms with van der Waals surface area (Å²) in [4.78, 5) is 10.4. The van der Waals surface area contributed by atoms with Crippen LogP contribution in [0.25, 0.3) is 0 Å². The molecule has 20 heavy (non-hydrogen) atoms. The van der Waals surface area contributed by atoms with Gasteiger partial charge in [-0.2, -0.15) is 0 Å². The maximum Gasteiger partial charge on any atom is 0.244 e. The van der Waals surface area contributed by atoms with Crippen LogP contribution in [0.5, 0.6) is 5.75 Å². The number of nitrogens with one attached hydrogen (secondary N) is 1. The fourth-order valence-electron chi connectivity index (χ4n) is 1.40. The summed E-state index contributed by atoms with van der Waals surface area (Å²) in [5.41, 5.74) is 10.8. The summed E-state index contributed by atoms with van der Waals surface area (Å²) in [6.07, 6.45) is 0. The summed E-state index contributed by atoms with van der Waals surface area (Å²) in [6, 6.07) is 4.22. The molecule has 8 nitrogen and oxygen atoms in total. The van der Waals surface area contributed by atoms with Gasteiger partial charge in [-0.1, -0.05) is 0 Å². The van der Waals surface area contributed by atoms with Crippen LogP contribution >= 0.6 is 0 Å². The first kappa shape index (κ1) is 16.2. The lowest BCUT2D eigenvalue weighted by Gasteiger charge is -2.11. The zero-order chi connectivity index (χ0) is 15.2. The van der Waals surface area contributed by atoms with E-state index in [2.05, 4.69) is 4.72 Å². The quantitative estimate of drug-likeness (QED) is 0.419. The van der Waals surface area contributed by atoms with E-state index in [0.717, 1.165) is 0 Å². The van der Waals surface area contributed by atoms with E-state index in [1.54, 1.807) is 0 Å². The number of rotatable bonds is 8. The van der Waals surface area contributed by atoms with E-state index in [1.807, 2.05) is 0 Å². The molecule has 0 atom stereocenters. The normalized spacial score (nSPS) is 11.2. The van der Waals surface area contributed by atoms with E-state index in [0.29, 0.717) is 5.69 Å². The Morgan fingerprint density at radius 2 is 2.10 bits per heavy atom. The molecule has 0 aliphatic rings. The van der Waals surface area contributed by atoms with E-state index in [4.69, 9.17) is 20.9 Å². The second-order valence-corrected chi connectivity index (χ2v) is 5.56. The number of nitrogens with two attached hydrogens (primary N) is 2. The van der Waals surface area contributed by atoms with Gasteiger partial charge in [0.05, 0.1) is 13.7 Å². The number of primary amides is 1. The lowest BCUT2D eigenvalue weighted by Crippen LogP contribution is -2.29. The first-order chi connectivity index (χ1) is 9.36. The molecule has 0 spiro atoms. The third kappa shape index (κ3) is 4.68. The number of hydrogen-bond acceptors (Lipinski definition) is 6. The Hall–Kier alpha value is -1.84. The third-order valence-corrected chi connectivity index (χ3v) is 3.76. The van der Waals surface area contributed by atoms with Crippen LogP contribution in [0.1, 0.15) is 0 Å². The lowest BCUT2D eigenvalue weighted by atomic mass is 10.3. The molecule has 0 heterocycles. The lowest BCUT2D eigenvalue weighted by molar-refractivity contribution is -0.122. The molecule has 1 aromatic rings.